The van der Waals surface area contributed by atoms with Crippen molar-refractivity contribution in [2.75, 3.05) is 19.6 Å². The van der Waals surface area contributed by atoms with E-state index in [1.54, 1.807) is 32.9 Å². The fourth-order valence-electron chi connectivity index (χ4n) is 4.83. The molecule has 0 saturated heterocycles. The Labute approximate surface area is 300 Å². The average Bonchev–Trinajstić information content (AvgIpc) is 3.06. The Morgan fingerprint density at radius 3 is 1.67 bits per heavy atom. The predicted octanol–water partition coefficient (Wildman–Crippen LogP) is -1.26. The molecule has 18 nitrogen and oxygen atoms in total. The van der Waals surface area contributed by atoms with Gasteiger partial charge in [0.25, 0.3) is 0 Å². The molecule has 51 heavy (non-hydrogen) atoms. The smallest absolute Gasteiger partial charge is 0.243 e. The van der Waals surface area contributed by atoms with Crippen LogP contribution in [0.1, 0.15) is 83.3 Å². The summed E-state index contributed by atoms with van der Waals surface area (Å²) in [6.45, 7) is 6.33. The van der Waals surface area contributed by atoms with Crippen LogP contribution in [0.5, 0.6) is 0 Å². The summed E-state index contributed by atoms with van der Waals surface area (Å²) in [6, 6.07) is 4.25. The molecule has 0 fully saturated rings. The number of hydrogen-bond donors (Lipinski definition) is 11. The molecule has 0 aliphatic heterocycles. The van der Waals surface area contributed by atoms with E-state index in [0.29, 0.717) is 44.4 Å². The lowest BCUT2D eigenvalue weighted by Gasteiger charge is -2.27. The molecule has 0 aromatic heterocycles. The third kappa shape index (κ3) is 19.4. The largest absolute Gasteiger partial charge is 0.370 e. The minimum atomic E-state index is -1.03. The van der Waals surface area contributed by atoms with Gasteiger partial charge < -0.3 is 61.1 Å². The van der Waals surface area contributed by atoms with Gasteiger partial charge in [0.1, 0.15) is 18.1 Å². The van der Waals surface area contributed by atoms with Crippen molar-refractivity contribution in [3.05, 3.63) is 35.4 Å². The van der Waals surface area contributed by atoms with Crippen LogP contribution in [0.15, 0.2) is 39.2 Å². The Morgan fingerprint density at radius 2 is 1.18 bits per heavy atom. The van der Waals surface area contributed by atoms with E-state index in [0.717, 1.165) is 11.1 Å². The van der Waals surface area contributed by atoms with Gasteiger partial charge in [0.2, 0.25) is 23.6 Å². The SMILES string of the molecule is CC(=N)c1ccc(CNC(=O)[C@H](CCCN=C(N)N)NC(=O)C(NC(=O)[C@H](CCCN=C(N)N)NC(=O)CCCCCN=C(N)N)C(C)C)cc1. The molecule has 3 atom stereocenters. The van der Waals surface area contributed by atoms with Crippen molar-refractivity contribution in [1.29, 1.82) is 5.41 Å². The molecule has 0 spiro atoms. The highest BCUT2D eigenvalue weighted by Gasteiger charge is 2.31. The fraction of sp³-hybridized carbons (Fsp3) is 0.576. The molecule has 4 amide bonds. The third-order valence-electron chi connectivity index (χ3n) is 7.63. The minimum Gasteiger partial charge on any atom is -0.370 e. The van der Waals surface area contributed by atoms with Crippen molar-refractivity contribution in [3.63, 3.8) is 0 Å². The van der Waals surface area contributed by atoms with Crippen molar-refractivity contribution in [1.82, 2.24) is 21.3 Å². The number of carbonyl (C=O) groups is 4. The van der Waals surface area contributed by atoms with Crippen molar-refractivity contribution in [3.8, 4) is 0 Å². The monoisotopic (exact) mass is 714 g/mol. The molecule has 1 unspecified atom stereocenters. The number of aliphatic imine (C=N–C) groups is 3. The highest BCUT2D eigenvalue weighted by atomic mass is 16.2. The topological polar surface area (TPSA) is 333 Å². The number of hydrogen-bond acceptors (Lipinski definition) is 8. The van der Waals surface area contributed by atoms with Crippen LogP contribution in [0.3, 0.4) is 0 Å². The third-order valence-corrected chi connectivity index (χ3v) is 7.63. The van der Waals surface area contributed by atoms with Gasteiger partial charge in [0.05, 0.1) is 0 Å². The molecule has 1 aromatic carbocycles. The summed E-state index contributed by atoms with van der Waals surface area (Å²) in [6.07, 6.45) is 3.35. The van der Waals surface area contributed by atoms with Crippen LogP contribution < -0.4 is 55.7 Å². The number of amides is 4. The molecule has 0 aliphatic carbocycles. The molecule has 17 N–H and O–H groups in total. The quantitative estimate of drug-likeness (QED) is 0.0343. The molecule has 0 bridgehead atoms. The lowest BCUT2D eigenvalue weighted by Crippen LogP contribution is -2.58. The number of benzene rings is 1. The second-order valence-corrected chi connectivity index (χ2v) is 12.5. The van der Waals surface area contributed by atoms with Gasteiger partial charge in [0, 0.05) is 38.3 Å². The van der Waals surface area contributed by atoms with Crippen molar-refractivity contribution in [2.24, 2.45) is 55.3 Å². The van der Waals surface area contributed by atoms with Gasteiger partial charge in [0.15, 0.2) is 17.9 Å². The van der Waals surface area contributed by atoms with Gasteiger partial charge >= 0.3 is 0 Å². The van der Waals surface area contributed by atoms with E-state index in [4.69, 9.17) is 39.8 Å². The van der Waals surface area contributed by atoms with Gasteiger partial charge in [-0.15, -0.1) is 0 Å². The number of unbranched alkanes of at least 4 members (excludes halogenated alkanes) is 2. The van der Waals surface area contributed by atoms with E-state index in [9.17, 15) is 19.2 Å². The second kappa shape index (κ2) is 23.9. The number of nitrogens with two attached hydrogens (primary N) is 6. The molecule has 1 aromatic rings. The number of nitrogens with one attached hydrogen (secondary N) is 5. The standard InChI is InChI=1S/C33H58N14O4/c1-20(2)27(47-29(50)25(10-8-18-43-33(39)40)45-26(48)11-5-4-6-16-41-31(35)36)30(51)46-24(9-7-17-42-32(37)38)28(49)44-19-22-12-14-23(15-13-22)21(3)34/h12-15,20,24-25,27,34H,4-11,16-19H2,1-3H3,(H,44,49)(H,45,48)(H,46,51)(H,47,50)(H4,35,36,41)(H4,37,38,42)(H4,39,40,43)/t24-,25-,27?/m0/s1. The highest BCUT2D eigenvalue weighted by Crippen LogP contribution is 2.10. The van der Waals surface area contributed by atoms with Crippen LogP contribution in [-0.2, 0) is 25.7 Å². The van der Waals surface area contributed by atoms with Crippen LogP contribution in [0.2, 0.25) is 0 Å². The van der Waals surface area contributed by atoms with E-state index in [1.807, 2.05) is 12.1 Å². The molecule has 18 heteroatoms. The fourth-order valence-corrected chi connectivity index (χ4v) is 4.83. The Kier molecular flexibility index (Phi) is 20.4. The van der Waals surface area contributed by atoms with E-state index in [2.05, 4.69) is 36.2 Å². The van der Waals surface area contributed by atoms with Crippen LogP contribution >= 0.6 is 0 Å². The zero-order valence-corrected chi connectivity index (χ0v) is 30.0. The van der Waals surface area contributed by atoms with Crippen molar-refractivity contribution >= 4 is 47.2 Å². The lowest BCUT2D eigenvalue weighted by molar-refractivity contribution is -0.134. The van der Waals surface area contributed by atoms with Crippen molar-refractivity contribution in [2.45, 2.75) is 96.8 Å². The first-order chi connectivity index (χ1) is 24.1. The Hall–Kier alpha value is -5.42. The number of nitrogens with zero attached hydrogens (tertiary/aromatic N) is 3. The first-order valence-corrected chi connectivity index (χ1v) is 17.1. The normalized spacial score (nSPS) is 12.4. The van der Waals surface area contributed by atoms with Gasteiger partial charge in [-0.05, 0) is 62.5 Å². The van der Waals surface area contributed by atoms with Crippen LogP contribution in [0.25, 0.3) is 0 Å². The maximum absolute atomic E-state index is 13.7. The van der Waals surface area contributed by atoms with Gasteiger partial charge in [-0.1, -0.05) is 44.5 Å². The maximum Gasteiger partial charge on any atom is 0.243 e. The predicted molar refractivity (Wildman–Crippen MR) is 200 cm³/mol. The summed E-state index contributed by atoms with van der Waals surface area (Å²) in [5.41, 5.74) is 34.4. The summed E-state index contributed by atoms with van der Waals surface area (Å²) < 4.78 is 0. The van der Waals surface area contributed by atoms with Gasteiger partial charge in [-0.2, -0.15) is 0 Å². The number of rotatable bonds is 24. The lowest BCUT2D eigenvalue weighted by atomic mass is 10.0. The minimum absolute atomic E-state index is 0.00902. The zero-order valence-electron chi connectivity index (χ0n) is 30.0. The molecular formula is C33H58N14O4. The van der Waals surface area contributed by atoms with Crippen LogP contribution in [0.4, 0.5) is 0 Å². The summed E-state index contributed by atoms with van der Waals surface area (Å²) in [4.78, 5) is 65.2. The molecule has 284 valence electrons. The zero-order chi connectivity index (χ0) is 38.3. The Bertz CT molecular complexity index is 1370. The van der Waals surface area contributed by atoms with E-state index < -0.39 is 35.8 Å². The molecule has 0 radical (unpaired) electrons. The average molecular weight is 715 g/mol. The molecule has 0 aliphatic rings. The summed E-state index contributed by atoms with van der Waals surface area (Å²) in [5.74, 6) is -2.45. The highest BCUT2D eigenvalue weighted by molar-refractivity contribution is 5.96. The first kappa shape index (κ1) is 43.6. The van der Waals surface area contributed by atoms with Crippen LogP contribution in [0, 0.1) is 11.3 Å². The Morgan fingerprint density at radius 1 is 0.667 bits per heavy atom. The maximum atomic E-state index is 13.7. The van der Waals surface area contributed by atoms with E-state index in [1.165, 1.54) is 0 Å². The van der Waals surface area contributed by atoms with Crippen LogP contribution in [-0.4, -0.2) is 85.0 Å². The summed E-state index contributed by atoms with van der Waals surface area (Å²) >= 11 is 0. The Balaban J connectivity index is 3.03. The summed E-state index contributed by atoms with van der Waals surface area (Å²) in [7, 11) is 0. The second-order valence-electron chi connectivity index (χ2n) is 12.5. The van der Waals surface area contributed by atoms with Gasteiger partial charge in [-0.3, -0.25) is 34.2 Å². The number of carbonyl (C=O) groups excluding carboxylic acids is 4. The molecule has 0 saturated carbocycles. The molecule has 1 rings (SSSR count). The van der Waals surface area contributed by atoms with Crippen molar-refractivity contribution < 1.29 is 19.2 Å². The molecule has 0 heterocycles. The molecular weight excluding hydrogens is 656 g/mol. The summed E-state index contributed by atoms with van der Waals surface area (Å²) in [5, 5.41) is 18.9. The first-order valence-electron chi connectivity index (χ1n) is 17.1. The van der Waals surface area contributed by atoms with Gasteiger partial charge in [-0.25, -0.2) is 0 Å². The van der Waals surface area contributed by atoms with E-state index in [-0.39, 0.29) is 68.6 Å². The van der Waals surface area contributed by atoms with E-state index >= 15 is 0 Å². The number of guanidine groups is 3.